The van der Waals surface area contributed by atoms with Crippen LogP contribution >= 0.6 is 0 Å². The molecule has 0 unspecified atom stereocenters. The topological polar surface area (TPSA) is 59.3 Å². The fourth-order valence-corrected chi connectivity index (χ4v) is 5.83. The predicted octanol–water partition coefficient (Wildman–Crippen LogP) is 5.72. The third-order valence-electron chi connectivity index (χ3n) is 7.95. The second kappa shape index (κ2) is 10.9. The zero-order chi connectivity index (χ0) is 26.8. The van der Waals surface area contributed by atoms with Gasteiger partial charge in [-0.25, -0.2) is 0 Å². The molecule has 0 spiro atoms. The molecule has 37 heavy (non-hydrogen) atoms. The van der Waals surface area contributed by atoms with Gasteiger partial charge in [-0.3, -0.25) is 9.80 Å². The zero-order valence-corrected chi connectivity index (χ0v) is 24.4. The van der Waals surface area contributed by atoms with Gasteiger partial charge in [0.1, 0.15) is 5.75 Å². The molecular weight excluding hydrogens is 476 g/mol. The normalized spacial score (nSPS) is 20.5. The van der Waals surface area contributed by atoms with Crippen molar-refractivity contribution in [2.24, 2.45) is 0 Å². The summed E-state index contributed by atoms with van der Waals surface area (Å²) in [5, 5.41) is 13.3. The molecule has 8 heteroatoms. The molecule has 1 saturated heterocycles. The van der Waals surface area contributed by atoms with Crippen LogP contribution in [0.25, 0.3) is 5.69 Å². The quantitative estimate of drug-likeness (QED) is 0.281. The van der Waals surface area contributed by atoms with Crippen molar-refractivity contribution in [3.8, 4) is 11.4 Å². The minimum absolute atomic E-state index is 0.116. The van der Waals surface area contributed by atoms with Crippen molar-refractivity contribution in [2.75, 3.05) is 19.6 Å². The molecule has 0 aliphatic carbocycles. The summed E-state index contributed by atoms with van der Waals surface area (Å²) in [5.74, 6) is 1.73. The van der Waals surface area contributed by atoms with Crippen LogP contribution in [-0.2, 0) is 0 Å². The first kappa shape index (κ1) is 27.2. The molecule has 0 radical (unpaired) electrons. The van der Waals surface area contributed by atoms with Gasteiger partial charge in [-0.05, 0) is 72.2 Å². The van der Waals surface area contributed by atoms with Crippen molar-refractivity contribution in [2.45, 2.75) is 70.9 Å². The Hall–Kier alpha value is -2.81. The first-order valence-corrected chi connectivity index (χ1v) is 16.2. The highest BCUT2D eigenvalue weighted by Crippen LogP contribution is 2.39. The van der Waals surface area contributed by atoms with Crippen LogP contribution in [0.4, 0.5) is 0 Å². The molecule has 3 aromatic rings. The Morgan fingerprint density at radius 3 is 2.46 bits per heavy atom. The molecule has 1 fully saturated rings. The largest absolute Gasteiger partial charge is 0.543 e. The minimum atomic E-state index is -1.99. The zero-order valence-electron chi connectivity index (χ0n) is 23.4. The average Bonchev–Trinajstić information content (AvgIpc) is 3.32. The summed E-state index contributed by atoms with van der Waals surface area (Å²) in [7, 11) is -1.99. The Kier molecular flexibility index (Phi) is 8.01. The molecule has 0 bridgehead atoms. The molecule has 2 aromatic carbocycles. The molecule has 1 aliphatic heterocycles. The Morgan fingerprint density at radius 2 is 1.78 bits per heavy atom. The second-order valence-corrected chi connectivity index (χ2v) is 16.5. The van der Waals surface area contributed by atoms with Crippen molar-refractivity contribution in [3.05, 3.63) is 78.6 Å². The Bertz CT molecular complexity index is 1190. The van der Waals surface area contributed by atoms with Crippen molar-refractivity contribution in [1.29, 1.82) is 0 Å². The number of tetrazole rings is 1. The van der Waals surface area contributed by atoms with E-state index in [1.807, 2.05) is 41.1 Å². The number of para-hydroxylation sites is 1. The number of benzene rings is 2. The number of hydrogen-bond donors (Lipinski definition) is 0. The number of nitrogens with zero attached hydrogens (tertiary/aromatic N) is 6. The summed E-state index contributed by atoms with van der Waals surface area (Å²) in [5.41, 5.74) is 2.09. The summed E-state index contributed by atoms with van der Waals surface area (Å²) < 4.78 is 8.59. The molecule has 3 atom stereocenters. The smallest absolute Gasteiger partial charge is 0.250 e. The summed E-state index contributed by atoms with van der Waals surface area (Å²) in [6, 6.07) is 19.2. The van der Waals surface area contributed by atoms with Crippen LogP contribution in [0.15, 0.2) is 67.3 Å². The van der Waals surface area contributed by atoms with Crippen molar-refractivity contribution in [3.63, 3.8) is 0 Å². The van der Waals surface area contributed by atoms with Crippen LogP contribution < -0.4 is 4.43 Å². The third kappa shape index (κ3) is 5.86. The molecule has 0 amide bonds. The second-order valence-electron chi connectivity index (χ2n) is 11.8. The van der Waals surface area contributed by atoms with Gasteiger partial charge in [-0.2, -0.15) is 4.68 Å². The first-order valence-electron chi connectivity index (χ1n) is 13.2. The lowest BCUT2D eigenvalue weighted by molar-refractivity contribution is 0.0279. The summed E-state index contributed by atoms with van der Waals surface area (Å²) in [6.07, 6.45) is 1.99. The van der Waals surface area contributed by atoms with E-state index in [1.165, 1.54) is 0 Å². The lowest BCUT2D eigenvalue weighted by atomic mass is 9.98. The van der Waals surface area contributed by atoms with Gasteiger partial charge in [-0.15, -0.1) is 11.7 Å². The van der Waals surface area contributed by atoms with Gasteiger partial charge in [0, 0.05) is 31.7 Å². The van der Waals surface area contributed by atoms with Gasteiger partial charge in [0.2, 0.25) is 8.32 Å². The molecule has 7 nitrogen and oxygen atoms in total. The van der Waals surface area contributed by atoms with Crippen LogP contribution in [0.2, 0.25) is 18.1 Å². The van der Waals surface area contributed by atoms with E-state index >= 15 is 0 Å². The van der Waals surface area contributed by atoms with E-state index < -0.39 is 8.32 Å². The third-order valence-corrected chi connectivity index (χ3v) is 12.3. The average molecular weight is 519 g/mol. The standard InChI is InChI=1S/C29H42N6OSi/c1-9-18-33-20-23(3)34(21-22(33)2)27(28-30-31-32-35(28)25-15-11-10-12-16-25)24-14-13-17-26(19-24)36-37(7,8)29(4,5)6/h9-17,19,22-23,27H,1,18,20-21H2,2-8H3/t22-,23+,27-/m1/s1. The SMILES string of the molecule is C=CCN1C[C@H](C)N([C@H](c2cccc(O[Si](C)(C)C(C)(C)C)c2)c2nnnn2-c2ccccc2)C[C@H]1C. The monoisotopic (exact) mass is 518 g/mol. The van der Waals surface area contributed by atoms with Crippen molar-refractivity contribution < 1.29 is 4.43 Å². The van der Waals surface area contributed by atoms with Gasteiger partial charge in [-0.1, -0.05) is 57.2 Å². The van der Waals surface area contributed by atoms with Gasteiger partial charge in [0.15, 0.2) is 5.82 Å². The fourth-order valence-electron chi connectivity index (χ4n) is 4.81. The van der Waals surface area contributed by atoms with Gasteiger partial charge in [0.25, 0.3) is 0 Å². The lowest BCUT2D eigenvalue weighted by Gasteiger charge is -2.47. The molecule has 2 heterocycles. The maximum absolute atomic E-state index is 6.72. The molecule has 4 rings (SSSR count). The Labute approximate surface area is 223 Å². The highest BCUT2D eigenvalue weighted by molar-refractivity contribution is 6.74. The van der Waals surface area contributed by atoms with Crippen LogP contribution in [0.5, 0.6) is 5.75 Å². The summed E-state index contributed by atoms with van der Waals surface area (Å²) >= 11 is 0. The van der Waals surface area contributed by atoms with E-state index in [1.54, 1.807) is 0 Å². The van der Waals surface area contributed by atoms with Gasteiger partial charge in [0.05, 0.1) is 11.7 Å². The highest BCUT2D eigenvalue weighted by Gasteiger charge is 2.40. The lowest BCUT2D eigenvalue weighted by Crippen LogP contribution is -2.57. The van der Waals surface area contributed by atoms with E-state index in [2.05, 4.69) is 104 Å². The minimum Gasteiger partial charge on any atom is -0.543 e. The van der Waals surface area contributed by atoms with Crippen molar-refractivity contribution in [1.82, 2.24) is 30.0 Å². The van der Waals surface area contributed by atoms with Crippen LogP contribution in [0.3, 0.4) is 0 Å². The Morgan fingerprint density at radius 1 is 1.05 bits per heavy atom. The van der Waals surface area contributed by atoms with Crippen LogP contribution in [0.1, 0.15) is 52.0 Å². The first-order chi connectivity index (χ1) is 17.5. The van der Waals surface area contributed by atoms with E-state index in [4.69, 9.17) is 4.43 Å². The van der Waals surface area contributed by atoms with E-state index in [0.29, 0.717) is 12.1 Å². The molecule has 198 valence electrons. The molecule has 0 N–H and O–H groups in total. The molecule has 0 saturated carbocycles. The van der Waals surface area contributed by atoms with E-state index in [0.717, 1.165) is 42.5 Å². The fraction of sp³-hybridized carbons (Fsp3) is 0.483. The van der Waals surface area contributed by atoms with E-state index in [-0.39, 0.29) is 11.1 Å². The molecular formula is C29H42N6OSi. The van der Waals surface area contributed by atoms with Crippen LogP contribution in [0, 0.1) is 0 Å². The number of piperazine rings is 1. The maximum Gasteiger partial charge on any atom is 0.250 e. The number of rotatable bonds is 8. The Balaban J connectivity index is 1.78. The molecule has 1 aromatic heterocycles. The molecule has 1 aliphatic rings. The van der Waals surface area contributed by atoms with Gasteiger partial charge < -0.3 is 4.43 Å². The predicted molar refractivity (Wildman–Crippen MR) is 153 cm³/mol. The maximum atomic E-state index is 6.72. The summed E-state index contributed by atoms with van der Waals surface area (Å²) in [6.45, 7) is 22.7. The highest BCUT2D eigenvalue weighted by atomic mass is 28.4. The van der Waals surface area contributed by atoms with Crippen LogP contribution in [-0.4, -0.2) is 70.0 Å². The summed E-state index contributed by atoms with van der Waals surface area (Å²) in [4.78, 5) is 5.03. The number of hydrogen-bond acceptors (Lipinski definition) is 6. The van der Waals surface area contributed by atoms with E-state index in [9.17, 15) is 0 Å². The van der Waals surface area contributed by atoms with Gasteiger partial charge >= 0.3 is 0 Å². The number of aromatic nitrogens is 4. The van der Waals surface area contributed by atoms with Crippen molar-refractivity contribution >= 4 is 8.32 Å².